The maximum atomic E-state index is 12.9. The Labute approximate surface area is 164 Å². The number of ether oxygens (including phenoxy) is 1. The minimum Gasteiger partial charge on any atom is -0.497 e. The minimum absolute atomic E-state index is 0.244. The topological polar surface area (TPSA) is 93.0 Å². The number of nitrogens with zero attached hydrogens (tertiary/aromatic N) is 3. The molecule has 3 rings (SSSR count). The highest BCUT2D eigenvalue weighted by atomic mass is 32.2. The molecule has 0 amide bonds. The zero-order valence-electron chi connectivity index (χ0n) is 15.7. The zero-order chi connectivity index (χ0) is 20.1. The van der Waals surface area contributed by atoms with Crippen molar-refractivity contribution >= 4 is 15.7 Å². The summed E-state index contributed by atoms with van der Waals surface area (Å²) >= 11 is 0. The molecule has 1 aliphatic heterocycles. The fraction of sp³-hybridized carbons (Fsp3) is 0.368. The number of piperazine rings is 1. The highest BCUT2D eigenvalue weighted by Gasteiger charge is 2.33. The Bertz CT molecular complexity index is 923. The van der Waals surface area contributed by atoms with Crippen LogP contribution < -0.4 is 4.74 Å². The van der Waals surface area contributed by atoms with Crippen LogP contribution >= 0.6 is 0 Å². The molecule has 0 N–H and O–H groups in total. The van der Waals surface area contributed by atoms with Crippen LogP contribution in [0.15, 0.2) is 53.4 Å². The number of methoxy groups -OCH3 is 1. The van der Waals surface area contributed by atoms with E-state index >= 15 is 0 Å². The van der Waals surface area contributed by atoms with Gasteiger partial charge in [0.05, 0.1) is 12.0 Å². The summed E-state index contributed by atoms with van der Waals surface area (Å²) in [5.41, 5.74) is 0.806. The molecule has 0 aromatic heterocycles. The van der Waals surface area contributed by atoms with Crippen LogP contribution in [0.3, 0.4) is 0 Å². The molecule has 0 atom stereocenters. The van der Waals surface area contributed by atoms with Gasteiger partial charge in [0.25, 0.3) is 5.69 Å². The van der Waals surface area contributed by atoms with Crippen LogP contribution in [0.2, 0.25) is 0 Å². The number of hydrogen-bond acceptors (Lipinski definition) is 6. The summed E-state index contributed by atoms with van der Waals surface area (Å²) in [5.74, 6) is 0.817. The lowest BCUT2D eigenvalue weighted by Crippen LogP contribution is -2.49. The summed E-state index contributed by atoms with van der Waals surface area (Å²) < 4.78 is 32.2. The predicted molar refractivity (Wildman–Crippen MR) is 105 cm³/mol. The van der Waals surface area contributed by atoms with Gasteiger partial charge in [-0.3, -0.25) is 10.1 Å². The minimum atomic E-state index is -3.88. The number of nitro benzene ring substituents is 1. The van der Waals surface area contributed by atoms with Crippen molar-refractivity contribution < 1.29 is 18.1 Å². The first kappa shape index (κ1) is 20.2. The lowest BCUT2D eigenvalue weighted by Gasteiger charge is -2.33. The van der Waals surface area contributed by atoms with Gasteiger partial charge < -0.3 is 9.64 Å². The molecule has 0 radical (unpaired) electrons. The summed E-state index contributed by atoms with van der Waals surface area (Å²) in [6.45, 7) is 2.64. The number of para-hydroxylation sites is 1. The number of hydrogen-bond donors (Lipinski definition) is 0. The van der Waals surface area contributed by atoms with Gasteiger partial charge in [-0.05, 0) is 30.2 Å². The molecule has 28 heavy (non-hydrogen) atoms. The highest BCUT2D eigenvalue weighted by molar-refractivity contribution is 7.89. The largest absolute Gasteiger partial charge is 0.497 e. The van der Waals surface area contributed by atoms with Crippen molar-refractivity contribution in [1.29, 1.82) is 0 Å². The van der Waals surface area contributed by atoms with Gasteiger partial charge in [0.15, 0.2) is 4.90 Å². The molecule has 0 saturated carbocycles. The van der Waals surface area contributed by atoms with Gasteiger partial charge >= 0.3 is 0 Å². The molecule has 2 aromatic rings. The number of benzene rings is 2. The van der Waals surface area contributed by atoms with Crippen LogP contribution in [0.1, 0.15) is 5.56 Å². The molecule has 9 heteroatoms. The summed E-state index contributed by atoms with van der Waals surface area (Å²) in [6.07, 6.45) is 0.862. The average molecular weight is 405 g/mol. The summed E-state index contributed by atoms with van der Waals surface area (Å²) in [5, 5.41) is 11.2. The second-order valence-corrected chi connectivity index (χ2v) is 8.47. The second-order valence-electron chi connectivity index (χ2n) is 6.57. The Kier molecular flexibility index (Phi) is 6.28. The van der Waals surface area contributed by atoms with Crippen LogP contribution in [0.25, 0.3) is 0 Å². The predicted octanol–water partition coefficient (Wildman–Crippen LogP) is 2.15. The van der Waals surface area contributed by atoms with Crippen molar-refractivity contribution in [3.05, 3.63) is 64.2 Å². The van der Waals surface area contributed by atoms with Gasteiger partial charge in [-0.25, -0.2) is 8.42 Å². The SMILES string of the molecule is COc1ccc(CCN2CCN(S(=O)(=O)c3ccccc3[N+](=O)[O-])CC2)cc1. The fourth-order valence-electron chi connectivity index (χ4n) is 3.24. The van der Waals surface area contributed by atoms with Gasteiger partial charge in [0.1, 0.15) is 5.75 Å². The molecule has 1 fully saturated rings. The van der Waals surface area contributed by atoms with E-state index in [1.807, 2.05) is 24.3 Å². The second kappa shape index (κ2) is 8.68. The third kappa shape index (κ3) is 4.49. The maximum Gasteiger partial charge on any atom is 0.289 e. The van der Waals surface area contributed by atoms with Crippen LogP contribution in [-0.2, 0) is 16.4 Å². The van der Waals surface area contributed by atoms with E-state index in [4.69, 9.17) is 4.74 Å². The molecule has 1 saturated heterocycles. The van der Waals surface area contributed by atoms with Crippen LogP contribution in [0.5, 0.6) is 5.75 Å². The van der Waals surface area contributed by atoms with Crippen molar-refractivity contribution in [1.82, 2.24) is 9.21 Å². The van der Waals surface area contributed by atoms with E-state index in [0.717, 1.165) is 18.7 Å². The van der Waals surface area contributed by atoms with Gasteiger partial charge in [-0.1, -0.05) is 24.3 Å². The van der Waals surface area contributed by atoms with Gasteiger partial charge in [-0.15, -0.1) is 0 Å². The van der Waals surface area contributed by atoms with E-state index in [1.54, 1.807) is 7.11 Å². The lowest BCUT2D eigenvalue weighted by molar-refractivity contribution is -0.387. The Balaban J connectivity index is 1.59. The van der Waals surface area contributed by atoms with Crippen molar-refractivity contribution in [2.24, 2.45) is 0 Å². The van der Waals surface area contributed by atoms with Crippen LogP contribution in [0.4, 0.5) is 5.69 Å². The van der Waals surface area contributed by atoms with E-state index in [-0.39, 0.29) is 10.6 Å². The monoisotopic (exact) mass is 405 g/mol. The van der Waals surface area contributed by atoms with E-state index in [0.29, 0.717) is 26.2 Å². The van der Waals surface area contributed by atoms with Gasteiger partial charge in [-0.2, -0.15) is 4.31 Å². The molecule has 0 spiro atoms. The lowest BCUT2D eigenvalue weighted by atomic mass is 10.1. The third-order valence-electron chi connectivity index (χ3n) is 4.89. The van der Waals surface area contributed by atoms with Crippen molar-refractivity contribution in [3.63, 3.8) is 0 Å². The first-order valence-corrected chi connectivity index (χ1v) is 10.4. The molecule has 0 bridgehead atoms. The summed E-state index contributed by atoms with van der Waals surface area (Å²) in [6, 6.07) is 13.4. The third-order valence-corrected chi connectivity index (χ3v) is 6.83. The van der Waals surface area contributed by atoms with E-state index < -0.39 is 14.9 Å². The molecule has 1 heterocycles. The smallest absolute Gasteiger partial charge is 0.289 e. The van der Waals surface area contributed by atoms with Crippen molar-refractivity contribution in [2.45, 2.75) is 11.3 Å². The van der Waals surface area contributed by atoms with Crippen LogP contribution in [0, 0.1) is 10.1 Å². The Morgan fingerprint density at radius 3 is 2.29 bits per heavy atom. The van der Waals surface area contributed by atoms with E-state index in [2.05, 4.69) is 4.90 Å². The first-order valence-electron chi connectivity index (χ1n) is 9.00. The molecular formula is C19H23N3O5S. The average Bonchev–Trinajstić information content (AvgIpc) is 2.73. The summed E-state index contributed by atoms with van der Waals surface area (Å²) in [7, 11) is -2.25. The molecule has 8 nitrogen and oxygen atoms in total. The Morgan fingerprint density at radius 1 is 1.04 bits per heavy atom. The summed E-state index contributed by atoms with van der Waals surface area (Å²) in [4.78, 5) is 12.5. The molecule has 2 aromatic carbocycles. The zero-order valence-corrected chi connectivity index (χ0v) is 16.5. The molecular weight excluding hydrogens is 382 g/mol. The molecule has 150 valence electrons. The quantitative estimate of drug-likeness (QED) is 0.518. The number of rotatable bonds is 7. The van der Waals surface area contributed by atoms with E-state index in [9.17, 15) is 18.5 Å². The Morgan fingerprint density at radius 2 is 1.68 bits per heavy atom. The normalized spacial score (nSPS) is 16.0. The van der Waals surface area contributed by atoms with Crippen LogP contribution in [-0.4, -0.2) is 62.4 Å². The number of nitro groups is 1. The Hall–Kier alpha value is -2.49. The van der Waals surface area contributed by atoms with Crippen molar-refractivity contribution in [3.8, 4) is 5.75 Å². The first-order chi connectivity index (χ1) is 13.4. The molecule has 1 aliphatic rings. The number of sulfonamides is 1. The maximum absolute atomic E-state index is 12.9. The highest BCUT2D eigenvalue weighted by Crippen LogP contribution is 2.27. The van der Waals surface area contributed by atoms with Crippen molar-refractivity contribution in [2.75, 3.05) is 39.8 Å². The van der Waals surface area contributed by atoms with Gasteiger partial charge in [0.2, 0.25) is 10.0 Å². The fourth-order valence-corrected chi connectivity index (χ4v) is 4.82. The molecule has 0 unspecified atom stereocenters. The van der Waals surface area contributed by atoms with Gasteiger partial charge in [0, 0.05) is 38.8 Å². The standard InChI is InChI=1S/C19H23N3O5S/c1-27-17-8-6-16(7-9-17)10-11-20-12-14-21(15-13-20)28(25,26)19-5-3-2-4-18(19)22(23)24/h2-9H,10-15H2,1H3. The van der Waals surface area contributed by atoms with E-state index in [1.165, 1.54) is 34.1 Å². The molecule has 0 aliphatic carbocycles.